The molecule has 0 aliphatic rings. The molecule has 28 heavy (non-hydrogen) atoms. The van der Waals surface area contributed by atoms with Crippen LogP contribution in [0.15, 0.2) is 40.1 Å². The summed E-state index contributed by atoms with van der Waals surface area (Å²) < 4.78 is 28.9. The second-order valence-electron chi connectivity index (χ2n) is 6.04. The predicted molar refractivity (Wildman–Crippen MR) is 114 cm³/mol. The van der Waals surface area contributed by atoms with E-state index < -0.39 is 10.0 Å². The lowest BCUT2D eigenvalue weighted by Gasteiger charge is -2.11. The molecule has 0 saturated carbocycles. The first-order valence-electron chi connectivity index (χ1n) is 8.59. The first-order valence-corrected chi connectivity index (χ1v) is 11.8. The van der Waals surface area contributed by atoms with Gasteiger partial charge in [0, 0.05) is 27.2 Å². The van der Waals surface area contributed by atoms with Crippen LogP contribution < -0.4 is 5.32 Å². The topological polar surface area (TPSA) is 93.0 Å². The van der Waals surface area contributed by atoms with Crippen LogP contribution in [0.5, 0.6) is 0 Å². The van der Waals surface area contributed by atoms with E-state index in [1.54, 1.807) is 30.0 Å². The molecule has 3 rings (SSSR count). The Morgan fingerprint density at radius 3 is 2.82 bits per heavy atom. The number of benzene rings is 1. The van der Waals surface area contributed by atoms with E-state index in [1.165, 1.54) is 29.7 Å². The number of aryl methyl sites for hydroxylation is 1. The van der Waals surface area contributed by atoms with Gasteiger partial charge in [0.2, 0.25) is 15.2 Å². The van der Waals surface area contributed by atoms with E-state index in [-0.39, 0.29) is 4.90 Å². The Hall–Kier alpha value is -1.95. The van der Waals surface area contributed by atoms with Gasteiger partial charge >= 0.3 is 0 Å². The Morgan fingerprint density at radius 1 is 1.36 bits per heavy atom. The first kappa shape index (κ1) is 20.8. The molecule has 3 aromatic rings. The number of fused-ring (bicyclic) bond motifs is 1. The van der Waals surface area contributed by atoms with Crippen molar-refractivity contribution in [2.75, 3.05) is 26.0 Å². The molecular weight excluding hydrogens is 416 g/mol. The van der Waals surface area contributed by atoms with Gasteiger partial charge in [-0.25, -0.2) is 17.7 Å². The number of aromatic nitrogens is 4. The van der Waals surface area contributed by atoms with Gasteiger partial charge in [-0.05, 0) is 25.1 Å². The average molecular weight is 439 g/mol. The molecular formula is C17H22N6O2S3. The van der Waals surface area contributed by atoms with E-state index in [0.29, 0.717) is 17.8 Å². The number of hydrogen-bond acceptors (Lipinski definition) is 8. The number of rotatable bonds is 9. The SMILES string of the molecule is C=CCNc1nnc(SCc2nc3cc(S(=O)(=O)N(C)C)ccc3n2CC)s1. The van der Waals surface area contributed by atoms with Crippen LogP contribution >= 0.6 is 23.1 Å². The first-order chi connectivity index (χ1) is 13.4. The zero-order chi connectivity index (χ0) is 20.3. The van der Waals surface area contributed by atoms with Gasteiger partial charge < -0.3 is 9.88 Å². The largest absolute Gasteiger partial charge is 0.357 e. The second-order valence-corrected chi connectivity index (χ2v) is 10.4. The maximum atomic E-state index is 12.4. The second kappa shape index (κ2) is 8.60. The zero-order valence-corrected chi connectivity index (χ0v) is 18.4. The van der Waals surface area contributed by atoms with Gasteiger partial charge in [0.05, 0.1) is 21.7 Å². The Morgan fingerprint density at radius 2 is 2.14 bits per heavy atom. The molecule has 0 spiro atoms. The number of nitrogens with zero attached hydrogens (tertiary/aromatic N) is 5. The Bertz CT molecular complexity index is 1090. The molecule has 1 aromatic carbocycles. The van der Waals surface area contributed by atoms with Gasteiger partial charge in [0.15, 0.2) is 4.34 Å². The number of sulfonamides is 1. The molecule has 0 aliphatic heterocycles. The van der Waals surface area contributed by atoms with Gasteiger partial charge in [0.1, 0.15) is 5.82 Å². The summed E-state index contributed by atoms with van der Waals surface area (Å²) in [6, 6.07) is 5.08. The predicted octanol–water partition coefficient (Wildman–Crippen LogP) is 3.05. The van der Waals surface area contributed by atoms with Crippen LogP contribution in [-0.4, -0.2) is 53.1 Å². The van der Waals surface area contributed by atoms with Crippen LogP contribution in [0.25, 0.3) is 11.0 Å². The van der Waals surface area contributed by atoms with Crippen LogP contribution in [0.1, 0.15) is 12.7 Å². The van der Waals surface area contributed by atoms with Crippen molar-refractivity contribution < 1.29 is 8.42 Å². The fraction of sp³-hybridized carbons (Fsp3) is 0.353. The van der Waals surface area contributed by atoms with E-state index in [0.717, 1.165) is 27.4 Å². The smallest absolute Gasteiger partial charge is 0.242 e. The number of thioether (sulfide) groups is 1. The van der Waals surface area contributed by atoms with Crippen molar-refractivity contribution in [3.8, 4) is 0 Å². The Labute approximate surface area is 172 Å². The lowest BCUT2D eigenvalue weighted by atomic mass is 10.3. The summed E-state index contributed by atoms with van der Waals surface area (Å²) >= 11 is 3.04. The number of hydrogen-bond donors (Lipinski definition) is 1. The quantitative estimate of drug-likeness (QED) is 0.405. The number of anilines is 1. The maximum Gasteiger partial charge on any atom is 0.242 e. The van der Waals surface area contributed by atoms with E-state index in [1.807, 2.05) is 13.0 Å². The van der Waals surface area contributed by atoms with Crippen molar-refractivity contribution in [2.24, 2.45) is 0 Å². The third kappa shape index (κ3) is 4.22. The van der Waals surface area contributed by atoms with Crippen LogP contribution in [0, 0.1) is 0 Å². The summed E-state index contributed by atoms with van der Waals surface area (Å²) in [6.07, 6.45) is 1.77. The van der Waals surface area contributed by atoms with Gasteiger partial charge in [0.25, 0.3) is 0 Å². The maximum absolute atomic E-state index is 12.4. The highest BCUT2D eigenvalue weighted by atomic mass is 32.2. The lowest BCUT2D eigenvalue weighted by molar-refractivity contribution is 0.521. The van der Waals surface area contributed by atoms with Crippen molar-refractivity contribution in [1.82, 2.24) is 24.1 Å². The molecule has 0 saturated heterocycles. The highest BCUT2D eigenvalue weighted by Gasteiger charge is 2.19. The molecule has 0 atom stereocenters. The molecule has 2 heterocycles. The molecule has 150 valence electrons. The van der Waals surface area contributed by atoms with Gasteiger partial charge in [-0.1, -0.05) is 29.2 Å². The highest BCUT2D eigenvalue weighted by Crippen LogP contribution is 2.30. The van der Waals surface area contributed by atoms with Gasteiger partial charge in [-0.3, -0.25) is 0 Å². The van der Waals surface area contributed by atoms with Crippen molar-refractivity contribution in [1.29, 1.82) is 0 Å². The minimum atomic E-state index is -3.49. The van der Waals surface area contributed by atoms with E-state index in [2.05, 4.69) is 31.6 Å². The number of nitrogens with one attached hydrogen (secondary N) is 1. The van der Waals surface area contributed by atoms with E-state index >= 15 is 0 Å². The molecule has 0 fully saturated rings. The Balaban J connectivity index is 1.85. The molecule has 2 aromatic heterocycles. The van der Waals surface area contributed by atoms with Crippen LogP contribution in [0.4, 0.5) is 5.13 Å². The highest BCUT2D eigenvalue weighted by molar-refractivity contribution is 8.00. The molecule has 0 unspecified atom stereocenters. The fourth-order valence-electron chi connectivity index (χ4n) is 2.62. The van der Waals surface area contributed by atoms with Crippen LogP contribution in [0.2, 0.25) is 0 Å². The minimum Gasteiger partial charge on any atom is -0.357 e. The van der Waals surface area contributed by atoms with Gasteiger partial charge in [-0.2, -0.15) is 0 Å². The summed E-state index contributed by atoms with van der Waals surface area (Å²) in [7, 11) is -0.450. The zero-order valence-electron chi connectivity index (χ0n) is 15.9. The Kier molecular flexibility index (Phi) is 6.38. The third-order valence-corrected chi connectivity index (χ3v) is 7.84. The number of imidazole rings is 1. The molecule has 0 radical (unpaired) electrons. The summed E-state index contributed by atoms with van der Waals surface area (Å²) in [5.41, 5.74) is 1.59. The molecule has 1 N–H and O–H groups in total. The summed E-state index contributed by atoms with van der Waals surface area (Å²) in [5, 5.41) is 12.1. The molecule has 8 nitrogen and oxygen atoms in total. The van der Waals surface area contributed by atoms with Crippen molar-refractivity contribution in [3.63, 3.8) is 0 Å². The average Bonchev–Trinajstić information content (AvgIpc) is 3.27. The van der Waals surface area contributed by atoms with Crippen molar-refractivity contribution in [2.45, 2.75) is 28.5 Å². The summed E-state index contributed by atoms with van der Waals surface area (Å²) in [4.78, 5) is 4.92. The van der Waals surface area contributed by atoms with Crippen LogP contribution in [0.3, 0.4) is 0 Å². The lowest BCUT2D eigenvalue weighted by Crippen LogP contribution is -2.22. The van der Waals surface area contributed by atoms with E-state index in [9.17, 15) is 8.42 Å². The molecule has 0 amide bonds. The normalized spacial score (nSPS) is 12.0. The molecule has 0 bridgehead atoms. The summed E-state index contributed by atoms with van der Waals surface area (Å²) in [6.45, 7) is 7.10. The summed E-state index contributed by atoms with van der Waals surface area (Å²) in [5.74, 6) is 1.49. The molecule has 0 aliphatic carbocycles. The van der Waals surface area contributed by atoms with Crippen molar-refractivity contribution in [3.05, 3.63) is 36.7 Å². The van der Waals surface area contributed by atoms with Crippen molar-refractivity contribution >= 4 is 49.3 Å². The standard InChI is InChI=1S/C17H22N6O2S3/c1-5-9-18-16-20-21-17(27-16)26-11-15-19-13-10-12(28(24,25)22(3)4)7-8-14(13)23(15)6-2/h5,7-8,10H,1,6,9,11H2,2-4H3,(H,18,20). The monoisotopic (exact) mass is 438 g/mol. The van der Waals surface area contributed by atoms with E-state index in [4.69, 9.17) is 0 Å². The third-order valence-electron chi connectivity index (χ3n) is 4.02. The fourth-order valence-corrected chi connectivity index (χ4v) is 5.25. The minimum absolute atomic E-state index is 0.243. The molecule has 11 heteroatoms. The van der Waals surface area contributed by atoms with Gasteiger partial charge in [-0.15, -0.1) is 16.8 Å². The van der Waals surface area contributed by atoms with Crippen LogP contribution in [-0.2, 0) is 22.3 Å².